The van der Waals surface area contributed by atoms with Crippen molar-refractivity contribution < 1.29 is 27.8 Å². The van der Waals surface area contributed by atoms with Crippen molar-refractivity contribution in [2.45, 2.75) is 64.1 Å². The van der Waals surface area contributed by atoms with Gasteiger partial charge in [-0.1, -0.05) is 24.3 Å². The summed E-state index contributed by atoms with van der Waals surface area (Å²) >= 11 is 0. The van der Waals surface area contributed by atoms with Gasteiger partial charge in [-0.05, 0) is 74.9 Å². The summed E-state index contributed by atoms with van der Waals surface area (Å²) in [5.74, 6) is -3.00. The van der Waals surface area contributed by atoms with Crippen LogP contribution in [0.2, 0.25) is 0 Å². The molecule has 2 aliphatic rings. The Kier molecular flexibility index (Phi) is 7.41. The van der Waals surface area contributed by atoms with Crippen LogP contribution in [0.3, 0.4) is 0 Å². The molecule has 0 radical (unpaired) electrons. The Bertz CT molecular complexity index is 1530. The third-order valence-corrected chi connectivity index (χ3v) is 7.66. The van der Waals surface area contributed by atoms with Crippen LogP contribution in [0, 0.1) is 11.6 Å². The Hall–Kier alpha value is -4.12. The van der Waals surface area contributed by atoms with Gasteiger partial charge in [0.25, 0.3) is 5.91 Å². The summed E-state index contributed by atoms with van der Waals surface area (Å²) in [4.78, 5) is 40.5. The number of fused-ring (bicyclic) bond motifs is 3. The maximum Gasteiger partial charge on any atom is 0.328 e. The Morgan fingerprint density at radius 3 is 2.20 bits per heavy atom. The van der Waals surface area contributed by atoms with Crippen LogP contribution in [0.4, 0.5) is 8.78 Å². The number of carbonyl (C=O) groups is 2. The number of rotatable bonds is 6. The van der Waals surface area contributed by atoms with Crippen molar-refractivity contribution in [1.29, 1.82) is 0 Å². The highest BCUT2D eigenvalue weighted by molar-refractivity contribution is 5.96. The predicted molar refractivity (Wildman–Crippen MR) is 146 cm³/mol. The van der Waals surface area contributed by atoms with Gasteiger partial charge in [-0.25, -0.2) is 13.6 Å². The number of benzene rings is 2. The van der Waals surface area contributed by atoms with E-state index in [9.17, 15) is 14.4 Å². The zero-order chi connectivity index (χ0) is 29.6. The first-order chi connectivity index (χ1) is 19.4. The number of aromatic nitrogens is 2. The van der Waals surface area contributed by atoms with Gasteiger partial charge in [-0.15, -0.1) is 0 Å². The highest BCUT2D eigenvalue weighted by Gasteiger charge is 2.43. The van der Waals surface area contributed by atoms with E-state index in [4.69, 9.17) is 15.2 Å². The molecule has 0 fully saturated rings. The molecule has 0 saturated heterocycles. The van der Waals surface area contributed by atoms with Gasteiger partial charge >= 0.3 is 5.97 Å². The third-order valence-electron chi connectivity index (χ3n) is 7.66. The smallest absolute Gasteiger partial charge is 0.328 e. The average Bonchev–Trinajstić information content (AvgIpc) is 3.08. The van der Waals surface area contributed by atoms with Gasteiger partial charge in [0.05, 0.1) is 12.2 Å². The van der Waals surface area contributed by atoms with Crippen LogP contribution in [0.5, 0.6) is 5.75 Å². The van der Waals surface area contributed by atoms with Gasteiger partial charge in [0.1, 0.15) is 17.2 Å². The molecule has 0 spiro atoms. The van der Waals surface area contributed by atoms with Crippen molar-refractivity contribution in [2.24, 2.45) is 5.73 Å². The normalized spacial score (nSPS) is 17.0. The molecule has 3 aromatic rings. The van der Waals surface area contributed by atoms with Crippen molar-refractivity contribution in [3.8, 4) is 5.75 Å². The highest BCUT2D eigenvalue weighted by atomic mass is 19.1. The minimum Gasteiger partial charge on any atom is -0.451 e. The first-order valence-corrected chi connectivity index (χ1v) is 13.5. The lowest BCUT2D eigenvalue weighted by Crippen LogP contribution is -2.50. The molecule has 2 aromatic carbocycles. The van der Waals surface area contributed by atoms with Gasteiger partial charge in [-0.3, -0.25) is 14.3 Å². The van der Waals surface area contributed by atoms with E-state index in [1.165, 1.54) is 30.7 Å². The molecular formula is C30H32F2N4O5. The molecule has 2 N–H and O–H groups in total. The number of nitrogens with two attached hydrogens (primary N) is 1. The van der Waals surface area contributed by atoms with E-state index in [1.54, 1.807) is 17.0 Å². The summed E-state index contributed by atoms with van der Waals surface area (Å²) in [5.41, 5.74) is 5.91. The Balaban J connectivity index is 1.69. The van der Waals surface area contributed by atoms with E-state index in [0.29, 0.717) is 35.1 Å². The SMILES string of the molecule is CC(C)N1CC(C2c3cccc(F)c3CCc3c(F)cccc32)n2ncc(=O)c(OCOC(=O)C(C)(C)N)c2C1=O. The van der Waals surface area contributed by atoms with E-state index < -0.39 is 53.2 Å². The Morgan fingerprint density at radius 1 is 1.07 bits per heavy atom. The number of nitrogens with zero attached hydrogens (tertiary/aromatic N) is 3. The Morgan fingerprint density at radius 2 is 1.66 bits per heavy atom. The van der Waals surface area contributed by atoms with Gasteiger partial charge in [-0.2, -0.15) is 5.10 Å². The lowest BCUT2D eigenvalue weighted by Gasteiger charge is -2.41. The minimum absolute atomic E-state index is 0.134. The molecule has 41 heavy (non-hydrogen) atoms. The molecule has 1 aromatic heterocycles. The maximum atomic E-state index is 15.2. The van der Waals surface area contributed by atoms with E-state index in [-0.39, 0.29) is 24.0 Å². The van der Waals surface area contributed by atoms with Gasteiger partial charge in [0, 0.05) is 18.5 Å². The number of hydrogen-bond acceptors (Lipinski definition) is 7. The molecule has 9 nitrogen and oxygen atoms in total. The second-order valence-corrected chi connectivity index (χ2v) is 11.3. The zero-order valence-corrected chi connectivity index (χ0v) is 23.3. The number of carbonyl (C=O) groups excluding carboxylic acids is 2. The van der Waals surface area contributed by atoms with Crippen LogP contribution in [0.1, 0.15) is 72.4 Å². The number of halogens is 2. The molecule has 1 atom stereocenters. The number of hydrogen-bond donors (Lipinski definition) is 1. The third kappa shape index (κ3) is 5.10. The van der Waals surface area contributed by atoms with Crippen molar-refractivity contribution in [1.82, 2.24) is 14.7 Å². The molecule has 0 saturated carbocycles. The highest BCUT2D eigenvalue weighted by Crippen LogP contribution is 2.45. The molecule has 1 unspecified atom stereocenters. The summed E-state index contributed by atoms with van der Waals surface area (Å²) in [5, 5.41) is 4.35. The minimum atomic E-state index is -1.30. The van der Waals surface area contributed by atoms with Gasteiger partial charge < -0.3 is 20.1 Å². The fraction of sp³-hybridized carbons (Fsp3) is 0.400. The van der Waals surface area contributed by atoms with Crippen LogP contribution < -0.4 is 15.9 Å². The monoisotopic (exact) mass is 566 g/mol. The van der Waals surface area contributed by atoms with E-state index in [0.717, 1.165) is 6.20 Å². The second-order valence-electron chi connectivity index (χ2n) is 11.3. The first kappa shape index (κ1) is 28.4. The molecule has 5 rings (SSSR count). The van der Waals surface area contributed by atoms with E-state index in [1.807, 2.05) is 26.0 Å². The number of ether oxygens (including phenoxy) is 2. The fourth-order valence-corrected chi connectivity index (χ4v) is 5.65. The first-order valence-electron chi connectivity index (χ1n) is 13.5. The van der Waals surface area contributed by atoms with E-state index >= 15 is 8.78 Å². The van der Waals surface area contributed by atoms with Crippen LogP contribution in [0.15, 0.2) is 47.4 Å². The largest absolute Gasteiger partial charge is 0.451 e. The summed E-state index contributed by atoms with van der Waals surface area (Å²) in [7, 11) is 0. The van der Waals surface area contributed by atoms with Crippen molar-refractivity contribution in [3.05, 3.63) is 92.4 Å². The lowest BCUT2D eigenvalue weighted by molar-refractivity contribution is -0.155. The fourth-order valence-electron chi connectivity index (χ4n) is 5.65. The maximum absolute atomic E-state index is 15.2. The molecule has 0 bridgehead atoms. The summed E-state index contributed by atoms with van der Waals surface area (Å²) in [6, 6.07) is 8.67. The Labute approximate surface area is 235 Å². The van der Waals surface area contributed by atoms with Crippen LogP contribution in [-0.4, -0.2) is 51.5 Å². The lowest BCUT2D eigenvalue weighted by atomic mass is 9.81. The second kappa shape index (κ2) is 10.7. The molecule has 1 aliphatic heterocycles. The number of amides is 1. The van der Waals surface area contributed by atoms with Crippen molar-refractivity contribution in [3.63, 3.8) is 0 Å². The van der Waals surface area contributed by atoms with Crippen LogP contribution in [0.25, 0.3) is 0 Å². The van der Waals surface area contributed by atoms with Gasteiger partial charge in [0.15, 0.2) is 5.69 Å². The number of esters is 1. The van der Waals surface area contributed by atoms with Crippen molar-refractivity contribution in [2.75, 3.05) is 13.3 Å². The summed E-state index contributed by atoms with van der Waals surface area (Å²) in [6.45, 7) is 6.09. The van der Waals surface area contributed by atoms with Crippen LogP contribution >= 0.6 is 0 Å². The average molecular weight is 567 g/mol. The van der Waals surface area contributed by atoms with Crippen LogP contribution in [-0.2, 0) is 22.4 Å². The zero-order valence-electron chi connectivity index (χ0n) is 23.3. The topological polar surface area (TPSA) is 117 Å². The molecular weight excluding hydrogens is 534 g/mol. The summed E-state index contributed by atoms with van der Waals surface area (Å²) in [6.07, 6.45) is 1.62. The molecule has 216 valence electrons. The van der Waals surface area contributed by atoms with E-state index in [2.05, 4.69) is 5.10 Å². The standard InChI is InChI=1S/C30H32F2N4O5/c1-16(2)35-14-23(25-19-7-5-9-21(31)17(19)11-12-18-20(25)8-6-10-22(18)32)36-26(28(35)38)27(24(37)13-34-36)40-15-41-29(39)30(3,4)33/h5-10,13,16,23,25H,11-12,14-15,33H2,1-4H3. The summed E-state index contributed by atoms with van der Waals surface area (Å²) < 4.78 is 42.5. The van der Waals surface area contributed by atoms with Gasteiger partial charge in [0.2, 0.25) is 18.0 Å². The predicted octanol–water partition coefficient (Wildman–Crippen LogP) is 3.47. The molecule has 1 aliphatic carbocycles. The molecule has 1 amide bonds. The quantitative estimate of drug-likeness (QED) is 0.359. The molecule has 2 heterocycles. The molecule has 11 heteroatoms. The van der Waals surface area contributed by atoms with Crippen molar-refractivity contribution >= 4 is 11.9 Å².